The second-order valence-electron chi connectivity index (χ2n) is 4.22. The van der Waals surface area contributed by atoms with Crippen LogP contribution >= 0.6 is 12.2 Å². The Balaban J connectivity index is 3.31. The number of rotatable bonds is 4. The van der Waals surface area contributed by atoms with Crippen LogP contribution in [0.25, 0.3) is 0 Å². The van der Waals surface area contributed by atoms with Crippen LogP contribution in [0.4, 0.5) is 5.69 Å². The molecule has 0 radical (unpaired) electrons. The Bertz CT molecular complexity index is 523. The Hall–Kier alpha value is -2.06. The van der Waals surface area contributed by atoms with Crippen molar-refractivity contribution in [1.82, 2.24) is 5.32 Å². The summed E-state index contributed by atoms with van der Waals surface area (Å²) in [6, 6.07) is 6.06. The zero-order valence-electron chi connectivity index (χ0n) is 11.9. The SMILES string of the molecule is C#CCNC(=S)N(C(=N)N)c1c(CC)cccc1CC. The summed E-state index contributed by atoms with van der Waals surface area (Å²) in [5, 5.41) is 11.1. The van der Waals surface area contributed by atoms with Crippen molar-refractivity contribution in [2.75, 3.05) is 11.4 Å². The van der Waals surface area contributed by atoms with Crippen molar-refractivity contribution in [2.45, 2.75) is 26.7 Å². The Morgan fingerprint density at radius 2 is 1.95 bits per heavy atom. The van der Waals surface area contributed by atoms with Crippen LogP contribution in [0, 0.1) is 17.8 Å². The number of hydrogen-bond donors (Lipinski definition) is 3. The lowest BCUT2D eigenvalue weighted by atomic mass is 10.0. The molecular weight excluding hydrogens is 268 g/mol. The van der Waals surface area contributed by atoms with Gasteiger partial charge in [-0.05, 0) is 36.2 Å². The topological polar surface area (TPSA) is 65.1 Å². The Morgan fingerprint density at radius 1 is 1.40 bits per heavy atom. The summed E-state index contributed by atoms with van der Waals surface area (Å²) in [4.78, 5) is 1.55. The highest BCUT2D eigenvalue weighted by Gasteiger charge is 2.20. The highest BCUT2D eigenvalue weighted by molar-refractivity contribution is 7.80. The van der Waals surface area contributed by atoms with Crippen LogP contribution in [0.3, 0.4) is 0 Å². The van der Waals surface area contributed by atoms with Gasteiger partial charge in [-0.3, -0.25) is 10.3 Å². The molecule has 20 heavy (non-hydrogen) atoms. The molecule has 0 saturated heterocycles. The molecule has 0 spiro atoms. The van der Waals surface area contributed by atoms with Gasteiger partial charge in [0.1, 0.15) is 0 Å². The molecule has 1 rings (SSSR count). The Labute approximate surface area is 125 Å². The van der Waals surface area contributed by atoms with Gasteiger partial charge in [0.05, 0.1) is 12.2 Å². The molecule has 0 aliphatic carbocycles. The Morgan fingerprint density at radius 3 is 2.35 bits per heavy atom. The number of anilines is 1. The van der Waals surface area contributed by atoms with Crippen molar-refractivity contribution in [3.63, 3.8) is 0 Å². The van der Waals surface area contributed by atoms with Gasteiger partial charge in [0.25, 0.3) is 0 Å². The van der Waals surface area contributed by atoms with Crippen LogP contribution in [0.1, 0.15) is 25.0 Å². The standard InChI is InChI=1S/C15H20N4S/c1-4-10-18-15(20)19(14(16)17)13-11(5-2)8-7-9-12(13)6-3/h1,7-9H,5-6,10H2,2-3H3,(H3,16,17)(H,18,20). The first-order valence-corrected chi connectivity index (χ1v) is 6.93. The predicted molar refractivity (Wildman–Crippen MR) is 89.0 cm³/mol. The summed E-state index contributed by atoms with van der Waals surface area (Å²) in [7, 11) is 0. The van der Waals surface area contributed by atoms with Gasteiger partial charge in [0, 0.05) is 0 Å². The third kappa shape index (κ3) is 3.49. The summed E-state index contributed by atoms with van der Waals surface area (Å²) in [6.07, 6.45) is 6.90. The van der Waals surface area contributed by atoms with Gasteiger partial charge in [-0.1, -0.05) is 38.0 Å². The molecule has 1 aromatic carbocycles. The lowest BCUT2D eigenvalue weighted by Crippen LogP contribution is -2.48. The van der Waals surface area contributed by atoms with E-state index in [9.17, 15) is 0 Å². The number of nitrogens with one attached hydrogen (secondary N) is 2. The molecule has 0 unspecified atom stereocenters. The molecule has 4 N–H and O–H groups in total. The minimum atomic E-state index is -0.116. The second-order valence-corrected chi connectivity index (χ2v) is 4.60. The van der Waals surface area contributed by atoms with Crippen LogP contribution in [0.2, 0.25) is 0 Å². The average molecular weight is 288 g/mol. The maximum atomic E-state index is 7.82. The van der Waals surface area contributed by atoms with Crippen molar-refractivity contribution in [2.24, 2.45) is 5.73 Å². The molecule has 0 saturated carbocycles. The van der Waals surface area contributed by atoms with E-state index in [-0.39, 0.29) is 5.96 Å². The van der Waals surface area contributed by atoms with Crippen molar-refractivity contribution < 1.29 is 0 Å². The van der Waals surface area contributed by atoms with Crippen molar-refractivity contribution in [3.8, 4) is 12.3 Å². The number of guanidine groups is 1. The van der Waals surface area contributed by atoms with Crippen molar-refractivity contribution in [3.05, 3.63) is 29.3 Å². The molecule has 0 fully saturated rings. The molecule has 106 valence electrons. The van der Waals surface area contributed by atoms with Crippen molar-refractivity contribution >= 4 is 29.0 Å². The van der Waals surface area contributed by atoms with Gasteiger partial charge in [-0.2, -0.15) is 0 Å². The molecule has 0 atom stereocenters. The summed E-state index contributed by atoms with van der Waals surface area (Å²) >= 11 is 5.31. The van der Waals surface area contributed by atoms with Crippen LogP contribution in [0.15, 0.2) is 18.2 Å². The minimum Gasteiger partial charge on any atom is -0.369 e. The number of terminal acetylenes is 1. The van der Waals surface area contributed by atoms with Gasteiger partial charge in [0.2, 0.25) is 0 Å². The summed E-state index contributed by atoms with van der Waals surface area (Å²) in [5.41, 5.74) is 8.81. The third-order valence-electron chi connectivity index (χ3n) is 2.97. The molecular formula is C15H20N4S. The zero-order valence-corrected chi connectivity index (χ0v) is 12.7. The van der Waals surface area contributed by atoms with Crippen LogP contribution in [-0.4, -0.2) is 17.6 Å². The highest BCUT2D eigenvalue weighted by Crippen LogP contribution is 2.27. The predicted octanol–water partition coefficient (Wildman–Crippen LogP) is 2.02. The van der Waals surface area contributed by atoms with E-state index in [1.165, 1.54) is 0 Å². The summed E-state index contributed by atoms with van der Waals surface area (Å²) in [6.45, 7) is 4.43. The smallest absolute Gasteiger partial charge is 0.199 e. The fraction of sp³-hybridized carbons (Fsp3) is 0.333. The largest absolute Gasteiger partial charge is 0.369 e. The molecule has 0 aliphatic heterocycles. The van der Waals surface area contributed by atoms with Gasteiger partial charge >= 0.3 is 0 Å². The maximum absolute atomic E-state index is 7.82. The van der Waals surface area contributed by atoms with Crippen molar-refractivity contribution in [1.29, 1.82) is 5.41 Å². The molecule has 0 amide bonds. The quantitative estimate of drug-likeness (QED) is 0.343. The number of hydrogen-bond acceptors (Lipinski definition) is 2. The molecule has 5 heteroatoms. The molecule has 4 nitrogen and oxygen atoms in total. The highest BCUT2D eigenvalue weighted by atomic mass is 32.1. The molecule has 1 aromatic rings. The molecule has 0 heterocycles. The van der Waals surface area contributed by atoms with E-state index >= 15 is 0 Å². The fourth-order valence-corrected chi connectivity index (χ4v) is 2.30. The Kier molecular flexibility index (Phi) is 6.01. The molecule has 0 aromatic heterocycles. The van der Waals surface area contributed by atoms with E-state index in [2.05, 4.69) is 25.1 Å². The van der Waals surface area contributed by atoms with E-state index in [1.54, 1.807) is 4.90 Å². The normalized spacial score (nSPS) is 9.65. The van der Waals surface area contributed by atoms with Crippen LogP contribution < -0.4 is 16.0 Å². The second kappa shape index (κ2) is 7.51. The minimum absolute atomic E-state index is 0.116. The number of nitrogens with two attached hydrogens (primary N) is 1. The summed E-state index contributed by atoms with van der Waals surface area (Å²) < 4.78 is 0. The first-order chi connectivity index (χ1) is 9.56. The van der Waals surface area contributed by atoms with Gasteiger partial charge in [-0.15, -0.1) is 6.42 Å². The van der Waals surface area contributed by atoms with E-state index in [1.807, 2.05) is 18.2 Å². The average Bonchev–Trinajstić information content (AvgIpc) is 2.44. The number of thiocarbonyl (C=S) groups is 1. The first kappa shape index (κ1) is 16.0. The summed E-state index contributed by atoms with van der Waals surface area (Å²) in [5.74, 6) is 2.35. The van der Waals surface area contributed by atoms with E-state index in [0.29, 0.717) is 11.7 Å². The zero-order chi connectivity index (χ0) is 15.1. The molecule has 0 aliphatic rings. The third-order valence-corrected chi connectivity index (χ3v) is 3.30. The number of benzene rings is 1. The van der Waals surface area contributed by atoms with E-state index in [0.717, 1.165) is 29.7 Å². The fourth-order valence-electron chi connectivity index (χ4n) is 2.04. The van der Waals surface area contributed by atoms with Gasteiger partial charge < -0.3 is 11.1 Å². The monoisotopic (exact) mass is 288 g/mol. The lowest BCUT2D eigenvalue weighted by Gasteiger charge is -2.28. The molecule has 0 bridgehead atoms. The van der Waals surface area contributed by atoms with Crippen LogP contribution in [0.5, 0.6) is 0 Å². The van der Waals surface area contributed by atoms with E-state index in [4.69, 9.17) is 29.8 Å². The maximum Gasteiger partial charge on any atom is 0.199 e. The van der Waals surface area contributed by atoms with Gasteiger partial charge in [-0.25, -0.2) is 0 Å². The van der Waals surface area contributed by atoms with Gasteiger partial charge in [0.15, 0.2) is 11.1 Å². The number of para-hydroxylation sites is 1. The van der Waals surface area contributed by atoms with E-state index < -0.39 is 0 Å². The van der Waals surface area contributed by atoms with Crippen LogP contribution in [-0.2, 0) is 12.8 Å². The first-order valence-electron chi connectivity index (χ1n) is 6.52. The number of aryl methyl sites for hydroxylation is 2. The lowest BCUT2D eigenvalue weighted by molar-refractivity contribution is 1.03. The number of nitrogens with zero attached hydrogens (tertiary/aromatic N) is 1.